The minimum Gasteiger partial charge on any atom is -0.382 e. The van der Waals surface area contributed by atoms with E-state index >= 15 is 0 Å². The fraction of sp³-hybridized carbons (Fsp3) is 0.833. The molecule has 0 aliphatic rings. The molecule has 1 unspecified atom stereocenters. The molecule has 182 valence electrons. The normalized spacial score (nSPS) is 13.6. The summed E-state index contributed by atoms with van der Waals surface area (Å²) in [5.74, 6) is -0.0409. The molecule has 0 rings (SSSR count). The molecule has 0 aliphatic heterocycles. The summed E-state index contributed by atoms with van der Waals surface area (Å²) in [5, 5.41) is 16.3. The lowest BCUT2D eigenvalue weighted by molar-refractivity contribution is -0.913. The number of quaternary nitrogens is 2. The Bertz CT molecular complexity index is 585. The first-order chi connectivity index (χ1) is 14.1. The van der Waals surface area contributed by atoms with Gasteiger partial charge in [-0.1, -0.05) is 20.4 Å². The van der Waals surface area contributed by atoms with E-state index < -0.39 is 0 Å². The van der Waals surface area contributed by atoms with Gasteiger partial charge in [0.15, 0.2) is 6.10 Å². The zero-order chi connectivity index (χ0) is 24.3. The predicted octanol–water partition coefficient (Wildman–Crippen LogP) is 1.92. The molecule has 0 aromatic rings. The molecule has 7 nitrogen and oxygen atoms in total. The quantitative estimate of drug-likeness (QED) is 0.194. The maximum atomic E-state index is 12.3. The zero-order valence-corrected chi connectivity index (χ0v) is 21.5. The predicted molar refractivity (Wildman–Crippen MR) is 128 cm³/mol. The number of nitrogens with zero attached hydrogens (tertiary/aromatic N) is 2. The van der Waals surface area contributed by atoms with E-state index in [0.717, 1.165) is 47.9 Å². The van der Waals surface area contributed by atoms with Crippen LogP contribution in [0.2, 0.25) is 0 Å². The van der Waals surface area contributed by atoms with Crippen LogP contribution in [0.1, 0.15) is 53.4 Å². The summed E-state index contributed by atoms with van der Waals surface area (Å²) >= 11 is 0. The monoisotopic (exact) mass is 442 g/mol. The lowest BCUT2D eigenvalue weighted by Crippen LogP contribution is -2.53. The van der Waals surface area contributed by atoms with Crippen LogP contribution in [-0.4, -0.2) is 99.5 Å². The third-order valence-electron chi connectivity index (χ3n) is 5.87. The molecule has 0 saturated carbocycles. The third-order valence-corrected chi connectivity index (χ3v) is 5.87. The highest BCUT2D eigenvalue weighted by molar-refractivity contribution is 5.92. The number of carbonyl (C=O) groups excluding carboxylic acids is 2. The van der Waals surface area contributed by atoms with Gasteiger partial charge in [-0.2, -0.15) is 0 Å². The van der Waals surface area contributed by atoms with Crippen molar-refractivity contribution in [3.05, 3.63) is 12.2 Å². The number of nitrogens with one attached hydrogen (secondary N) is 2. The number of amides is 2. The Kier molecular flexibility index (Phi) is 12.6. The number of aliphatic hydroxyl groups is 1. The molecule has 1 atom stereocenters. The van der Waals surface area contributed by atoms with Crippen LogP contribution in [0.4, 0.5) is 0 Å². The van der Waals surface area contributed by atoms with Crippen molar-refractivity contribution in [3.63, 3.8) is 0 Å². The summed E-state index contributed by atoms with van der Waals surface area (Å²) in [6, 6.07) is 0. The maximum Gasteiger partial charge on any atom is 0.246 e. The summed E-state index contributed by atoms with van der Waals surface area (Å²) in [6.07, 6.45) is 2.72. The summed E-state index contributed by atoms with van der Waals surface area (Å²) < 4.78 is 1.55. The van der Waals surface area contributed by atoms with E-state index in [1.807, 2.05) is 0 Å². The van der Waals surface area contributed by atoms with E-state index in [-0.39, 0.29) is 23.3 Å². The van der Waals surface area contributed by atoms with E-state index in [1.54, 1.807) is 6.92 Å². The minimum absolute atomic E-state index is 0.0725. The van der Waals surface area contributed by atoms with Crippen LogP contribution in [0.5, 0.6) is 0 Å². The molecule has 0 aliphatic carbocycles. The fourth-order valence-electron chi connectivity index (χ4n) is 3.66. The summed E-state index contributed by atoms with van der Waals surface area (Å²) in [5.41, 5.74) is 0.404. The van der Waals surface area contributed by atoms with Gasteiger partial charge in [-0.05, 0) is 32.1 Å². The van der Waals surface area contributed by atoms with Crippen LogP contribution in [0.15, 0.2) is 12.2 Å². The number of aliphatic hydroxyl groups excluding tert-OH is 1. The number of rotatable bonds is 16. The van der Waals surface area contributed by atoms with E-state index in [4.69, 9.17) is 0 Å². The van der Waals surface area contributed by atoms with Crippen molar-refractivity contribution in [2.75, 3.05) is 67.5 Å². The first-order valence-corrected chi connectivity index (χ1v) is 11.6. The van der Waals surface area contributed by atoms with Gasteiger partial charge in [0, 0.05) is 31.5 Å². The van der Waals surface area contributed by atoms with Crippen LogP contribution >= 0.6 is 0 Å². The van der Waals surface area contributed by atoms with Gasteiger partial charge in [-0.15, -0.1) is 0 Å². The Hall–Kier alpha value is -1.44. The van der Waals surface area contributed by atoms with Crippen molar-refractivity contribution < 1.29 is 23.7 Å². The van der Waals surface area contributed by atoms with Crippen molar-refractivity contribution in [1.29, 1.82) is 0 Å². The maximum absolute atomic E-state index is 12.3. The Morgan fingerprint density at radius 1 is 1.00 bits per heavy atom. The molecule has 3 N–H and O–H groups in total. The molecule has 0 fully saturated rings. The average molecular weight is 443 g/mol. The van der Waals surface area contributed by atoms with Gasteiger partial charge in [0.05, 0.1) is 41.3 Å². The summed E-state index contributed by atoms with van der Waals surface area (Å²) in [6.45, 7) is 16.2. The van der Waals surface area contributed by atoms with E-state index in [2.05, 4.69) is 66.2 Å². The molecule has 2 amide bonds. The number of likely N-dealkylation sites (N-methyl/N-ethyl adjacent to an activating group) is 2. The Labute approximate surface area is 191 Å². The zero-order valence-electron chi connectivity index (χ0n) is 21.5. The molecule has 0 saturated heterocycles. The fourth-order valence-corrected chi connectivity index (χ4v) is 3.66. The van der Waals surface area contributed by atoms with E-state index in [9.17, 15) is 14.7 Å². The van der Waals surface area contributed by atoms with Gasteiger partial charge in [-0.25, -0.2) is 0 Å². The number of hydrogen-bond acceptors (Lipinski definition) is 3. The first kappa shape index (κ1) is 29.6. The summed E-state index contributed by atoms with van der Waals surface area (Å²) in [7, 11) is 8.54. The average Bonchev–Trinajstić information content (AvgIpc) is 2.60. The van der Waals surface area contributed by atoms with Crippen molar-refractivity contribution in [1.82, 2.24) is 10.6 Å². The minimum atomic E-state index is -0.333. The topological polar surface area (TPSA) is 78.4 Å². The Balaban J connectivity index is 4.15. The number of hydrogen-bond donors (Lipinski definition) is 3. The van der Waals surface area contributed by atoms with Crippen LogP contribution in [0.25, 0.3) is 0 Å². The molecule has 0 spiro atoms. The van der Waals surface area contributed by atoms with E-state index in [1.165, 1.54) is 0 Å². The van der Waals surface area contributed by atoms with Crippen LogP contribution in [0, 0.1) is 5.41 Å². The number of carbonyl (C=O) groups is 2. The van der Waals surface area contributed by atoms with Gasteiger partial charge < -0.3 is 24.7 Å². The lowest BCUT2D eigenvalue weighted by atomic mass is 9.84. The van der Waals surface area contributed by atoms with Gasteiger partial charge >= 0.3 is 0 Å². The molecule has 7 heteroatoms. The van der Waals surface area contributed by atoms with Crippen LogP contribution in [0.3, 0.4) is 0 Å². The van der Waals surface area contributed by atoms with Gasteiger partial charge in [0.25, 0.3) is 0 Å². The van der Waals surface area contributed by atoms with Crippen molar-refractivity contribution in [2.24, 2.45) is 5.41 Å². The summed E-state index contributed by atoms with van der Waals surface area (Å²) in [4.78, 5) is 23.8. The molecule has 31 heavy (non-hydrogen) atoms. The highest BCUT2D eigenvalue weighted by atomic mass is 16.3. The van der Waals surface area contributed by atoms with Crippen molar-refractivity contribution in [2.45, 2.75) is 59.5 Å². The molecular formula is C24H50N4O3+2. The van der Waals surface area contributed by atoms with Gasteiger partial charge in [0.1, 0.15) is 13.1 Å². The largest absolute Gasteiger partial charge is 0.382 e. The molecular weight excluding hydrogens is 392 g/mol. The third kappa shape index (κ3) is 15.1. The first-order valence-electron chi connectivity index (χ1n) is 11.6. The molecule has 0 aromatic carbocycles. The highest BCUT2D eigenvalue weighted by Crippen LogP contribution is 2.26. The molecule has 0 aromatic heterocycles. The van der Waals surface area contributed by atoms with Gasteiger partial charge in [0.2, 0.25) is 11.8 Å². The second kappa shape index (κ2) is 13.2. The standard InChI is InChI=1S/C24H48N4O3/c1-10-27(6,7)18-21(29)19-28(8,9)16-12-15-25-22(30)17-24(4,5)13-11-14-26-23(31)20(2)3/h21,29H,2,10-19H2,1,3-9H3/p+2. The van der Waals surface area contributed by atoms with Crippen molar-refractivity contribution >= 4 is 11.8 Å². The highest BCUT2D eigenvalue weighted by Gasteiger charge is 2.26. The van der Waals surface area contributed by atoms with Crippen LogP contribution < -0.4 is 10.6 Å². The molecule has 0 bridgehead atoms. The van der Waals surface area contributed by atoms with E-state index in [0.29, 0.717) is 31.6 Å². The molecule has 0 heterocycles. The Morgan fingerprint density at radius 2 is 1.55 bits per heavy atom. The Morgan fingerprint density at radius 3 is 2.10 bits per heavy atom. The smallest absolute Gasteiger partial charge is 0.246 e. The lowest BCUT2D eigenvalue weighted by Gasteiger charge is -2.35. The second-order valence-corrected chi connectivity index (χ2v) is 11.1. The molecule has 0 radical (unpaired) electrons. The SMILES string of the molecule is C=C(C)C(=O)NCCCC(C)(C)CC(=O)NCCC[N+](C)(C)CC(O)C[N+](C)(C)CC. The van der Waals surface area contributed by atoms with Gasteiger partial charge in [-0.3, -0.25) is 9.59 Å². The van der Waals surface area contributed by atoms with Crippen molar-refractivity contribution in [3.8, 4) is 0 Å². The van der Waals surface area contributed by atoms with Crippen LogP contribution in [-0.2, 0) is 9.59 Å². The second-order valence-electron chi connectivity index (χ2n) is 11.1.